The Morgan fingerprint density at radius 3 is 2.48 bits per heavy atom. The minimum absolute atomic E-state index is 0. The predicted molar refractivity (Wildman–Crippen MR) is 97.2 cm³/mol. The first-order chi connectivity index (χ1) is 11.6. The summed E-state index contributed by atoms with van der Waals surface area (Å²) in [6.45, 7) is 1.90. The average Bonchev–Trinajstić information content (AvgIpc) is 2.62. The molecule has 25 heavy (non-hydrogen) atoms. The Kier molecular flexibility index (Phi) is 5.02. The number of hydrogen-bond donors (Lipinski definition) is 0. The van der Waals surface area contributed by atoms with Crippen molar-refractivity contribution in [2.24, 2.45) is 0 Å². The second kappa shape index (κ2) is 6.92. The molecule has 2 unspecified atom stereocenters. The Morgan fingerprint density at radius 2 is 1.76 bits per heavy atom. The van der Waals surface area contributed by atoms with Gasteiger partial charge in [0.15, 0.2) is 0 Å². The van der Waals surface area contributed by atoms with Crippen LogP contribution in [0.5, 0.6) is 5.75 Å². The molecule has 0 saturated heterocycles. The van der Waals surface area contributed by atoms with E-state index < -0.39 is 5.79 Å². The van der Waals surface area contributed by atoms with Gasteiger partial charge in [0.05, 0.1) is 10.9 Å². The fraction of sp³-hybridized carbons (Fsp3) is 0.250. The van der Waals surface area contributed by atoms with Crippen LogP contribution in [0.1, 0.15) is 30.4 Å². The van der Waals surface area contributed by atoms with Crippen LogP contribution in [0.2, 0.25) is 0 Å². The van der Waals surface area contributed by atoms with Gasteiger partial charge in [0.2, 0.25) is 5.79 Å². The zero-order valence-corrected chi connectivity index (χ0v) is 18.0. The van der Waals surface area contributed by atoms with Crippen molar-refractivity contribution in [3.05, 3.63) is 76.1 Å². The number of fused-ring (bicyclic) bond motifs is 3. The van der Waals surface area contributed by atoms with E-state index in [-0.39, 0.29) is 38.8 Å². The van der Waals surface area contributed by atoms with E-state index >= 15 is 0 Å². The molecule has 2 heterocycles. The van der Waals surface area contributed by atoms with Gasteiger partial charge in [0, 0.05) is 53.7 Å². The zero-order valence-electron chi connectivity index (χ0n) is 14.1. The quantitative estimate of drug-likeness (QED) is 0.376. The minimum Gasteiger partial charge on any atom is -0.461 e. The van der Waals surface area contributed by atoms with Gasteiger partial charge < -0.3 is 13.9 Å². The molecule has 2 atom stereocenters. The predicted octanol–water partition coefficient (Wildman–Crippen LogP) is 3.69. The average molecular weight is 530 g/mol. The molecular weight excluding hydrogens is 511 g/mol. The molecule has 4 rings (SSSR count). The van der Waals surface area contributed by atoms with Crippen molar-refractivity contribution in [1.82, 2.24) is 0 Å². The standard InChI is InChI=1S/C20H18O4.Pb/c1-20(22-2)12-15(13-8-4-3-5-9-13)17-18(24-20)14-10-6-7-11-16(14)23-19(17)21;/h3-11,15H,12H2,1-2H3;. The summed E-state index contributed by atoms with van der Waals surface area (Å²) in [7, 11) is 1.63. The van der Waals surface area contributed by atoms with Crippen LogP contribution < -0.4 is 10.4 Å². The Bertz CT molecular complexity index is 951. The van der Waals surface area contributed by atoms with Gasteiger partial charge in [-0.15, -0.1) is 0 Å². The Labute approximate surface area is 165 Å². The SMILES string of the molecule is COC1(C)CC(c2ccccc2)c2c(c3ccccc3oc2=O)O1.[Pb]. The van der Waals surface area contributed by atoms with Crippen LogP contribution in [0, 0.1) is 0 Å². The molecule has 5 heteroatoms. The summed E-state index contributed by atoms with van der Waals surface area (Å²) in [6.07, 6.45) is 0.545. The molecule has 1 aliphatic heterocycles. The smallest absolute Gasteiger partial charge is 0.343 e. The summed E-state index contributed by atoms with van der Waals surface area (Å²) in [5, 5.41) is 0.788. The fourth-order valence-electron chi connectivity index (χ4n) is 3.37. The van der Waals surface area contributed by atoms with Crippen molar-refractivity contribution in [2.75, 3.05) is 7.11 Å². The first-order valence-electron chi connectivity index (χ1n) is 7.96. The van der Waals surface area contributed by atoms with Gasteiger partial charge in [-0.25, -0.2) is 4.79 Å². The van der Waals surface area contributed by atoms with Gasteiger partial charge in [0.1, 0.15) is 11.3 Å². The first kappa shape index (κ1) is 18.1. The molecule has 0 spiro atoms. The van der Waals surface area contributed by atoms with E-state index in [0.717, 1.165) is 10.9 Å². The van der Waals surface area contributed by atoms with Gasteiger partial charge in [-0.1, -0.05) is 42.5 Å². The second-order valence-corrected chi connectivity index (χ2v) is 6.24. The van der Waals surface area contributed by atoms with Crippen LogP contribution in [0.3, 0.4) is 0 Å². The molecule has 0 N–H and O–H groups in total. The van der Waals surface area contributed by atoms with Gasteiger partial charge in [0.25, 0.3) is 0 Å². The third kappa shape index (κ3) is 3.13. The maximum atomic E-state index is 12.7. The molecular formula is C20H18O4Pb. The number of rotatable bonds is 2. The van der Waals surface area contributed by atoms with E-state index in [1.165, 1.54) is 0 Å². The van der Waals surface area contributed by atoms with Crippen LogP contribution in [0.25, 0.3) is 11.0 Å². The third-order valence-corrected chi connectivity index (χ3v) is 4.67. The zero-order chi connectivity index (χ0) is 16.7. The largest absolute Gasteiger partial charge is 0.461 e. The van der Waals surface area contributed by atoms with Crippen LogP contribution in [0.4, 0.5) is 0 Å². The summed E-state index contributed by atoms with van der Waals surface area (Å²) in [6, 6.07) is 17.4. The molecule has 4 radical (unpaired) electrons. The summed E-state index contributed by atoms with van der Waals surface area (Å²) in [5.41, 5.74) is 1.78. The van der Waals surface area contributed by atoms with Crippen LogP contribution in [-0.2, 0) is 4.74 Å². The Hall–Kier alpha value is -1.67. The van der Waals surface area contributed by atoms with Crippen LogP contribution >= 0.6 is 0 Å². The van der Waals surface area contributed by atoms with Gasteiger partial charge in [-0.3, -0.25) is 0 Å². The molecule has 126 valence electrons. The molecule has 3 aromatic rings. The Balaban J connectivity index is 0.00000182. The van der Waals surface area contributed by atoms with Gasteiger partial charge >= 0.3 is 5.63 Å². The van der Waals surface area contributed by atoms with E-state index in [1.807, 2.05) is 55.5 Å². The molecule has 0 bridgehead atoms. The van der Waals surface area contributed by atoms with E-state index in [9.17, 15) is 4.79 Å². The summed E-state index contributed by atoms with van der Waals surface area (Å²) in [4.78, 5) is 12.7. The number of methoxy groups -OCH3 is 1. The van der Waals surface area contributed by atoms with Crippen molar-refractivity contribution >= 4 is 38.3 Å². The van der Waals surface area contributed by atoms with Crippen LogP contribution in [-0.4, -0.2) is 40.2 Å². The molecule has 2 aromatic carbocycles. The third-order valence-electron chi connectivity index (χ3n) is 4.67. The molecule has 0 saturated carbocycles. The van der Waals surface area contributed by atoms with Crippen LogP contribution in [0.15, 0.2) is 63.8 Å². The fourth-order valence-corrected chi connectivity index (χ4v) is 3.37. The van der Waals surface area contributed by atoms with Crippen molar-refractivity contribution in [3.8, 4) is 5.75 Å². The van der Waals surface area contributed by atoms with Gasteiger partial charge in [-0.2, -0.15) is 0 Å². The van der Waals surface area contributed by atoms with E-state index in [1.54, 1.807) is 13.2 Å². The van der Waals surface area contributed by atoms with Crippen molar-refractivity contribution in [2.45, 2.75) is 25.0 Å². The summed E-state index contributed by atoms with van der Waals surface area (Å²) in [5.74, 6) is -0.378. The van der Waals surface area contributed by atoms with Crippen molar-refractivity contribution in [1.29, 1.82) is 0 Å². The Morgan fingerprint density at radius 1 is 1.08 bits per heavy atom. The molecule has 1 aromatic heterocycles. The second-order valence-electron chi connectivity index (χ2n) is 6.24. The number of ether oxygens (including phenoxy) is 2. The molecule has 0 fully saturated rings. The first-order valence-corrected chi connectivity index (χ1v) is 7.96. The molecule has 0 aliphatic carbocycles. The number of para-hydroxylation sites is 1. The normalized spacial score (nSPS) is 21.9. The van der Waals surface area contributed by atoms with E-state index in [0.29, 0.717) is 23.3 Å². The maximum absolute atomic E-state index is 12.7. The monoisotopic (exact) mass is 530 g/mol. The molecule has 1 aliphatic rings. The van der Waals surface area contributed by atoms with E-state index in [2.05, 4.69) is 0 Å². The number of hydrogen-bond acceptors (Lipinski definition) is 4. The number of benzene rings is 2. The summed E-state index contributed by atoms with van der Waals surface area (Å²) < 4.78 is 17.3. The molecule has 0 amide bonds. The molecule has 4 nitrogen and oxygen atoms in total. The topological polar surface area (TPSA) is 48.7 Å². The summed E-state index contributed by atoms with van der Waals surface area (Å²) >= 11 is 0. The van der Waals surface area contributed by atoms with E-state index in [4.69, 9.17) is 13.9 Å². The maximum Gasteiger partial charge on any atom is 0.343 e. The van der Waals surface area contributed by atoms with Gasteiger partial charge in [-0.05, 0) is 17.7 Å². The van der Waals surface area contributed by atoms with Crippen molar-refractivity contribution in [3.63, 3.8) is 0 Å². The minimum atomic E-state index is -0.802. The van der Waals surface area contributed by atoms with Crippen molar-refractivity contribution < 1.29 is 13.9 Å².